The van der Waals surface area contributed by atoms with E-state index in [9.17, 15) is 0 Å². The van der Waals surface area contributed by atoms with Gasteiger partial charge in [-0.15, -0.1) is 0 Å². The zero-order chi connectivity index (χ0) is 15.3. The Labute approximate surface area is 133 Å². The Balaban J connectivity index is 2.00. The van der Waals surface area contributed by atoms with E-state index in [2.05, 4.69) is 37.9 Å². The standard InChI is InChI=1S/C19H38N2/c1-5-17-11-7-10-14-21(17)16-19(12-8-6-9-13-19)15-20-18(2,3)4/h17,20H,5-16H2,1-4H3. The van der Waals surface area contributed by atoms with Gasteiger partial charge < -0.3 is 5.32 Å². The van der Waals surface area contributed by atoms with Gasteiger partial charge in [-0.3, -0.25) is 4.90 Å². The van der Waals surface area contributed by atoms with E-state index in [1.54, 1.807) is 0 Å². The molecule has 124 valence electrons. The van der Waals surface area contributed by atoms with Crippen LogP contribution in [0.1, 0.15) is 85.5 Å². The Morgan fingerprint density at radius 3 is 2.38 bits per heavy atom. The minimum atomic E-state index is 0.247. The molecular weight excluding hydrogens is 256 g/mol. The molecule has 1 aliphatic heterocycles. The molecule has 0 spiro atoms. The van der Waals surface area contributed by atoms with Gasteiger partial charge in [0.15, 0.2) is 0 Å². The second-order valence-electron chi connectivity index (χ2n) is 8.69. The van der Waals surface area contributed by atoms with E-state index in [4.69, 9.17) is 0 Å². The second kappa shape index (κ2) is 7.46. The number of hydrogen-bond acceptors (Lipinski definition) is 2. The fraction of sp³-hybridized carbons (Fsp3) is 1.00. The molecule has 2 rings (SSSR count). The van der Waals surface area contributed by atoms with Crippen LogP contribution in [0.5, 0.6) is 0 Å². The predicted octanol–water partition coefficient (Wildman–Crippen LogP) is 4.59. The normalized spacial score (nSPS) is 27.7. The quantitative estimate of drug-likeness (QED) is 0.798. The highest BCUT2D eigenvalue weighted by Gasteiger charge is 2.36. The average Bonchev–Trinajstić information content (AvgIpc) is 2.46. The van der Waals surface area contributed by atoms with Crippen molar-refractivity contribution in [2.45, 2.75) is 97.1 Å². The van der Waals surface area contributed by atoms with Gasteiger partial charge in [-0.25, -0.2) is 0 Å². The van der Waals surface area contributed by atoms with Gasteiger partial charge in [0.05, 0.1) is 0 Å². The Bertz CT molecular complexity index is 299. The van der Waals surface area contributed by atoms with Crippen LogP contribution >= 0.6 is 0 Å². The third-order valence-electron chi connectivity index (χ3n) is 5.67. The van der Waals surface area contributed by atoms with Gasteiger partial charge >= 0.3 is 0 Å². The fourth-order valence-electron chi connectivity index (χ4n) is 4.31. The molecule has 0 aromatic rings. The summed E-state index contributed by atoms with van der Waals surface area (Å²) in [7, 11) is 0. The molecule has 2 nitrogen and oxygen atoms in total. The molecule has 0 bridgehead atoms. The molecule has 1 saturated heterocycles. The van der Waals surface area contributed by atoms with Crippen LogP contribution in [0.2, 0.25) is 0 Å². The molecule has 2 fully saturated rings. The maximum Gasteiger partial charge on any atom is 0.00967 e. The van der Waals surface area contributed by atoms with Crippen LogP contribution < -0.4 is 5.32 Å². The SMILES string of the molecule is CCC1CCCCN1CC1(CNC(C)(C)C)CCCCC1. The molecule has 1 saturated carbocycles. The van der Waals surface area contributed by atoms with Crippen LogP contribution in [0.4, 0.5) is 0 Å². The fourth-order valence-corrected chi connectivity index (χ4v) is 4.31. The van der Waals surface area contributed by atoms with E-state index in [0.717, 1.165) is 6.04 Å². The third-order valence-corrected chi connectivity index (χ3v) is 5.67. The monoisotopic (exact) mass is 294 g/mol. The summed E-state index contributed by atoms with van der Waals surface area (Å²) in [4.78, 5) is 2.85. The Kier molecular flexibility index (Phi) is 6.14. The summed E-state index contributed by atoms with van der Waals surface area (Å²) in [5.41, 5.74) is 0.785. The van der Waals surface area contributed by atoms with E-state index in [-0.39, 0.29) is 5.54 Å². The van der Waals surface area contributed by atoms with Gasteiger partial charge in [-0.2, -0.15) is 0 Å². The molecule has 0 aromatic heterocycles. The summed E-state index contributed by atoms with van der Waals surface area (Å²) in [6, 6.07) is 0.854. The molecule has 2 heteroatoms. The highest BCUT2D eigenvalue weighted by molar-refractivity contribution is 4.92. The van der Waals surface area contributed by atoms with Gasteiger partial charge in [0.2, 0.25) is 0 Å². The van der Waals surface area contributed by atoms with E-state index in [1.165, 1.54) is 77.4 Å². The summed E-state index contributed by atoms with van der Waals surface area (Å²) in [5, 5.41) is 3.83. The van der Waals surface area contributed by atoms with Crippen molar-refractivity contribution < 1.29 is 0 Å². The van der Waals surface area contributed by atoms with Gasteiger partial charge in [-0.05, 0) is 64.8 Å². The zero-order valence-electron chi connectivity index (χ0n) is 15.0. The van der Waals surface area contributed by atoms with Gasteiger partial charge in [0, 0.05) is 24.7 Å². The van der Waals surface area contributed by atoms with Gasteiger partial charge in [0.1, 0.15) is 0 Å². The number of piperidine rings is 1. The lowest BCUT2D eigenvalue weighted by Gasteiger charge is -2.46. The molecule has 1 aliphatic carbocycles. The second-order valence-corrected chi connectivity index (χ2v) is 8.69. The number of nitrogens with one attached hydrogen (secondary N) is 1. The van der Waals surface area contributed by atoms with E-state index in [1.807, 2.05) is 0 Å². The maximum atomic E-state index is 3.83. The first-order valence-electron chi connectivity index (χ1n) is 9.43. The van der Waals surface area contributed by atoms with Crippen LogP contribution in [0.3, 0.4) is 0 Å². The van der Waals surface area contributed by atoms with Crippen molar-refractivity contribution in [1.29, 1.82) is 0 Å². The molecule has 2 aliphatic rings. The summed E-state index contributed by atoms with van der Waals surface area (Å²) in [6.07, 6.45) is 12.8. The molecule has 1 unspecified atom stereocenters. The summed E-state index contributed by atoms with van der Waals surface area (Å²) < 4.78 is 0. The summed E-state index contributed by atoms with van der Waals surface area (Å²) in [6.45, 7) is 13.2. The summed E-state index contributed by atoms with van der Waals surface area (Å²) in [5.74, 6) is 0. The molecule has 1 atom stereocenters. The molecular formula is C19H38N2. The van der Waals surface area contributed by atoms with Crippen molar-refractivity contribution in [2.24, 2.45) is 5.41 Å². The van der Waals surface area contributed by atoms with Crippen LogP contribution in [0, 0.1) is 5.41 Å². The van der Waals surface area contributed by atoms with Crippen LogP contribution in [-0.2, 0) is 0 Å². The van der Waals surface area contributed by atoms with Crippen molar-refractivity contribution in [2.75, 3.05) is 19.6 Å². The highest BCUT2D eigenvalue weighted by Crippen LogP contribution is 2.38. The number of nitrogens with zero attached hydrogens (tertiary/aromatic N) is 1. The zero-order valence-corrected chi connectivity index (χ0v) is 15.0. The third kappa shape index (κ3) is 5.25. The number of likely N-dealkylation sites (tertiary alicyclic amines) is 1. The average molecular weight is 295 g/mol. The minimum Gasteiger partial charge on any atom is -0.311 e. The Morgan fingerprint density at radius 2 is 1.76 bits per heavy atom. The molecule has 1 N–H and O–H groups in total. The lowest BCUT2D eigenvalue weighted by atomic mass is 9.72. The Hall–Kier alpha value is -0.0800. The van der Waals surface area contributed by atoms with Crippen LogP contribution in [-0.4, -0.2) is 36.1 Å². The number of hydrogen-bond donors (Lipinski definition) is 1. The molecule has 0 aromatic carbocycles. The lowest BCUT2D eigenvalue weighted by Crippen LogP contribution is -2.52. The van der Waals surface area contributed by atoms with Crippen molar-refractivity contribution >= 4 is 0 Å². The van der Waals surface area contributed by atoms with Crippen molar-refractivity contribution in [3.63, 3.8) is 0 Å². The largest absolute Gasteiger partial charge is 0.311 e. The molecule has 0 amide bonds. The first kappa shape index (κ1) is 17.3. The highest BCUT2D eigenvalue weighted by atomic mass is 15.2. The van der Waals surface area contributed by atoms with Crippen molar-refractivity contribution in [1.82, 2.24) is 10.2 Å². The van der Waals surface area contributed by atoms with E-state index < -0.39 is 0 Å². The summed E-state index contributed by atoms with van der Waals surface area (Å²) >= 11 is 0. The van der Waals surface area contributed by atoms with Crippen LogP contribution in [0.25, 0.3) is 0 Å². The van der Waals surface area contributed by atoms with Crippen molar-refractivity contribution in [3.05, 3.63) is 0 Å². The molecule has 0 radical (unpaired) electrons. The maximum absolute atomic E-state index is 3.83. The number of rotatable bonds is 5. The smallest absolute Gasteiger partial charge is 0.00967 e. The van der Waals surface area contributed by atoms with Crippen molar-refractivity contribution in [3.8, 4) is 0 Å². The predicted molar refractivity (Wildman–Crippen MR) is 92.8 cm³/mol. The van der Waals surface area contributed by atoms with Gasteiger partial charge in [0.25, 0.3) is 0 Å². The van der Waals surface area contributed by atoms with Gasteiger partial charge in [-0.1, -0.05) is 32.6 Å². The molecule has 21 heavy (non-hydrogen) atoms. The first-order valence-corrected chi connectivity index (χ1v) is 9.43. The topological polar surface area (TPSA) is 15.3 Å². The minimum absolute atomic E-state index is 0.247. The Morgan fingerprint density at radius 1 is 1.05 bits per heavy atom. The van der Waals surface area contributed by atoms with E-state index in [0.29, 0.717) is 5.41 Å². The van der Waals surface area contributed by atoms with E-state index >= 15 is 0 Å². The lowest BCUT2D eigenvalue weighted by molar-refractivity contribution is 0.0495. The molecule has 1 heterocycles. The van der Waals surface area contributed by atoms with Crippen LogP contribution in [0.15, 0.2) is 0 Å². The first-order chi connectivity index (χ1) is 9.94.